The third-order valence-electron chi connectivity index (χ3n) is 3.68. The number of anilines is 1. The zero-order chi connectivity index (χ0) is 16.2. The van der Waals surface area contributed by atoms with Gasteiger partial charge < -0.3 is 10.3 Å². The van der Waals surface area contributed by atoms with Gasteiger partial charge >= 0.3 is 0 Å². The van der Waals surface area contributed by atoms with Crippen molar-refractivity contribution in [1.29, 1.82) is 0 Å². The molecule has 0 radical (unpaired) electrons. The number of rotatable bonds is 4. The lowest BCUT2D eigenvalue weighted by molar-refractivity contribution is -0.116. The van der Waals surface area contributed by atoms with Gasteiger partial charge in [-0.05, 0) is 30.7 Å². The summed E-state index contributed by atoms with van der Waals surface area (Å²) in [4.78, 5) is 31.2. The maximum Gasteiger partial charge on any atom is 0.270 e. The van der Waals surface area contributed by atoms with Crippen LogP contribution in [0, 0.1) is 6.92 Å². The highest BCUT2D eigenvalue weighted by Gasteiger charge is 2.09. The lowest BCUT2D eigenvalue weighted by atomic mass is 10.2. The second kappa shape index (κ2) is 6.44. The SMILES string of the molecule is Cc1ccccc1NC(=O)CCc1nc2ccccc2[nH]c1=O. The van der Waals surface area contributed by atoms with E-state index in [1.807, 2.05) is 49.4 Å². The van der Waals surface area contributed by atoms with Crippen molar-refractivity contribution in [1.82, 2.24) is 9.97 Å². The van der Waals surface area contributed by atoms with Crippen LogP contribution in [0.2, 0.25) is 0 Å². The molecule has 0 aliphatic carbocycles. The van der Waals surface area contributed by atoms with E-state index >= 15 is 0 Å². The molecule has 2 N–H and O–H groups in total. The standard InChI is InChI=1S/C18H17N3O2/c1-12-6-2-3-7-13(12)20-17(22)11-10-16-18(23)21-15-9-5-4-8-14(15)19-16/h2-9H,10-11H2,1H3,(H,20,22)(H,21,23). The smallest absolute Gasteiger partial charge is 0.270 e. The van der Waals surface area contributed by atoms with Crippen LogP contribution in [0.4, 0.5) is 5.69 Å². The maximum absolute atomic E-state index is 12.1. The number of fused-ring (bicyclic) bond motifs is 1. The Morgan fingerprint density at radius 2 is 1.87 bits per heavy atom. The Kier molecular flexibility index (Phi) is 4.19. The first kappa shape index (κ1) is 15.0. The number of H-pyrrole nitrogens is 1. The van der Waals surface area contributed by atoms with E-state index in [1.165, 1.54) is 0 Å². The minimum absolute atomic E-state index is 0.131. The van der Waals surface area contributed by atoms with Gasteiger partial charge in [0.05, 0.1) is 11.0 Å². The number of carbonyl (C=O) groups excluding carboxylic acids is 1. The zero-order valence-corrected chi connectivity index (χ0v) is 12.8. The molecule has 3 aromatic rings. The zero-order valence-electron chi connectivity index (χ0n) is 12.8. The van der Waals surface area contributed by atoms with Gasteiger partial charge in [-0.3, -0.25) is 9.59 Å². The van der Waals surface area contributed by atoms with Crippen LogP contribution in [0.15, 0.2) is 53.3 Å². The number of aromatic amines is 1. The minimum Gasteiger partial charge on any atom is -0.326 e. The molecule has 0 spiro atoms. The van der Waals surface area contributed by atoms with E-state index in [4.69, 9.17) is 0 Å². The first-order valence-electron chi connectivity index (χ1n) is 7.47. The number of carbonyl (C=O) groups is 1. The van der Waals surface area contributed by atoms with Gasteiger partial charge in [-0.15, -0.1) is 0 Å². The number of benzene rings is 2. The van der Waals surface area contributed by atoms with E-state index in [2.05, 4.69) is 15.3 Å². The second-order valence-corrected chi connectivity index (χ2v) is 5.39. The Morgan fingerprint density at radius 1 is 1.13 bits per heavy atom. The van der Waals surface area contributed by atoms with E-state index in [9.17, 15) is 9.59 Å². The van der Waals surface area contributed by atoms with Crippen molar-refractivity contribution in [2.45, 2.75) is 19.8 Å². The molecule has 0 saturated heterocycles. The van der Waals surface area contributed by atoms with E-state index in [1.54, 1.807) is 6.07 Å². The molecule has 0 saturated carbocycles. The first-order chi connectivity index (χ1) is 11.1. The highest BCUT2D eigenvalue weighted by molar-refractivity contribution is 5.91. The van der Waals surface area contributed by atoms with Gasteiger partial charge in [0, 0.05) is 18.5 Å². The molecular weight excluding hydrogens is 290 g/mol. The molecule has 2 aromatic carbocycles. The molecule has 0 aliphatic heterocycles. The number of nitrogens with zero attached hydrogens (tertiary/aromatic N) is 1. The van der Waals surface area contributed by atoms with Crippen molar-refractivity contribution < 1.29 is 4.79 Å². The number of hydrogen-bond acceptors (Lipinski definition) is 3. The third kappa shape index (κ3) is 3.45. The summed E-state index contributed by atoms with van der Waals surface area (Å²) in [6.07, 6.45) is 0.515. The quantitative estimate of drug-likeness (QED) is 0.778. The van der Waals surface area contributed by atoms with Gasteiger partial charge in [-0.25, -0.2) is 4.98 Å². The number of aromatic nitrogens is 2. The summed E-state index contributed by atoms with van der Waals surface area (Å²) >= 11 is 0. The molecule has 5 heteroatoms. The molecule has 0 bridgehead atoms. The van der Waals surface area contributed by atoms with E-state index in [0.717, 1.165) is 16.8 Å². The van der Waals surface area contributed by atoms with Gasteiger partial charge in [-0.2, -0.15) is 0 Å². The molecule has 1 heterocycles. The van der Waals surface area contributed by atoms with Crippen LogP contribution < -0.4 is 10.9 Å². The van der Waals surface area contributed by atoms with Crippen molar-refractivity contribution in [3.8, 4) is 0 Å². The van der Waals surface area contributed by atoms with Crippen LogP contribution >= 0.6 is 0 Å². The highest BCUT2D eigenvalue weighted by atomic mass is 16.1. The Hall–Kier alpha value is -2.95. The second-order valence-electron chi connectivity index (χ2n) is 5.39. The van der Waals surface area contributed by atoms with Gasteiger partial charge in [0.25, 0.3) is 5.56 Å². The molecule has 1 aromatic heterocycles. The maximum atomic E-state index is 12.1. The molecule has 116 valence electrons. The van der Waals surface area contributed by atoms with Crippen LogP contribution in [0.5, 0.6) is 0 Å². The van der Waals surface area contributed by atoms with Crippen molar-refractivity contribution in [3.63, 3.8) is 0 Å². The monoisotopic (exact) mass is 307 g/mol. The molecule has 0 unspecified atom stereocenters. The lowest BCUT2D eigenvalue weighted by Gasteiger charge is -2.08. The van der Waals surface area contributed by atoms with Crippen molar-refractivity contribution >= 4 is 22.6 Å². The topological polar surface area (TPSA) is 74.8 Å². The van der Waals surface area contributed by atoms with Crippen molar-refractivity contribution in [2.75, 3.05) is 5.32 Å². The van der Waals surface area contributed by atoms with E-state index in [-0.39, 0.29) is 17.9 Å². The van der Waals surface area contributed by atoms with Crippen LogP contribution in [0.25, 0.3) is 11.0 Å². The summed E-state index contributed by atoms with van der Waals surface area (Å²) in [5, 5.41) is 2.86. The third-order valence-corrected chi connectivity index (χ3v) is 3.68. The Labute approximate surface area is 133 Å². The fourth-order valence-corrected chi connectivity index (χ4v) is 2.39. The average Bonchev–Trinajstić information content (AvgIpc) is 2.55. The average molecular weight is 307 g/mol. The number of para-hydroxylation sites is 3. The minimum atomic E-state index is -0.243. The predicted octanol–water partition coefficient (Wildman–Crippen LogP) is 2.80. The predicted molar refractivity (Wildman–Crippen MR) is 90.5 cm³/mol. The van der Waals surface area contributed by atoms with Gasteiger partial charge in [0.1, 0.15) is 5.69 Å². The van der Waals surface area contributed by atoms with E-state index < -0.39 is 0 Å². The molecule has 23 heavy (non-hydrogen) atoms. The Bertz CT molecular complexity index is 915. The molecule has 0 aliphatic rings. The van der Waals surface area contributed by atoms with Gasteiger partial charge in [-0.1, -0.05) is 30.3 Å². The van der Waals surface area contributed by atoms with E-state index in [0.29, 0.717) is 17.6 Å². The van der Waals surface area contributed by atoms with Crippen molar-refractivity contribution in [3.05, 3.63) is 70.1 Å². The summed E-state index contributed by atoms with van der Waals surface area (Å²) in [7, 11) is 0. The first-order valence-corrected chi connectivity index (χ1v) is 7.47. The molecule has 0 atom stereocenters. The van der Waals surface area contributed by atoms with Crippen molar-refractivity contribution in [2.24, 2.45) is 0 Å². The summed E-state index contributed by atoms with van der Waals surface area (Å²) < 4.78 is 0. The summed E-state index contributed by atoms with van der Waals surface area (Å²) in [5.41, 5.74) is 3.35. The fourth-order valence-electron chi connectivity index (χ4n) is 2.39. The molecule has 0 fully saturated rings. The fraction of sp³-hybridized carbons (Fsp3) is 0.167. The molecule has 5 nitrogen and oxygen atoms in total. The van der Waals surface area contributed by atoms with Crippen LogP contribution in [0.3, 0.4) is 0 Å². The Morgan fingerprint density at radius 3 is 2.70 bits per heavy atom. The lowest BCUT2D eigenvalue weighted by Crippen LogP contribution is -2.19. The van der Waals surface area contributed by atoms with Crippen LogP contribution in [-0.2, 0) is 11.2 Å². The largest absolute Gasteiger partial charge is 0.326 e. The molecule has 1 amide bonds. The summed E-state index contributed by atoms with van der Waals surface area (Å²) in [6.45, 7) is 1.94. The summed E-state index contributed by atoms with van der Waals surface area (Å²) in [5.74, 6) is -0.131. The number of hydrogen-bond donors (Lipinski definition) is 2. The van der Waals surface area contributed by atoms with Gasteiger partial charge in [0.15, 0.2) is 0 Å². The Balaban J connectivity index is 1.71. The number of amides is 1. The number of nitrogens with one attached hydrogen (secondary N) is 2. The normalized spacial score (nSPS) is 10.7. The number of aryl methyl sites for hydroxylation is 2. The summed E-state index contributed by atoms with van der Waals surface area (Å²) in [6, 6.07) is 14.9. The molecular formula is C18H17N3O2. The molecule has 3 rings (SSSR count). The van der Waals surface area contributed by atoms with Crippen LogP contribution in [0.1, 0.15) is 17.7 Å². The highest BCUT2D eigenvalue weighted by Crippen LogP contribution is 2.13. The van der Waals surface area contributed by atoms with Crippen LogP contribution in [-0.4, -0.2) is 15.9 Å². The van der Waals surface area contributed by atoms with Gasteiger partial charge in [0.2, 0.25) is 5.91 Å².